The van der Waals surface area contributed by atoms with Gasteiger partial charge in [0.05, 0.1) is 27.4 Å². The summed E-state index contributed by atoms with van der Waals surface area (Å²) in [6, 6.07) is 21.0. The van der Waals surface area contributed by atoms with Crippen LogP contribution in [0, 0.1) is 6.92 Å². The Balaban J connectivity index is 1.53. The van der Waals surface area contributed by atoms with E-state index in [2.05, 4.69) is 15.0 Å². The molecule has 1 heterocycles. The van der Waals surface area contributed by atoms with E-state index >= 15 is 0 Å². The molecular formula is C26H23ClN4O5S2. The largest absolute Gasteiger partial charge is 0.325 e. The molecule has 4 rings (SSSR count). The smallest absolute Gasteiger partial charge is 0.264 e. The number of halogens is 1. The first-order valence-corrected chi connectivity index (χ1v) is 14.5. The highest BCUT2D eigenvalue weighted by Crippen LogP contribution is 2.25. The fraction of sp³-hybridized carbons (Fsp3) is 0.0769. The third kappa shape index (κ3) is 6.49. The number of benzene rings is 3. The van der Waals surface area contributed by atoms with Crippen molar-refractivity contribution in [3.8, 4) is 0 Å². The molecule has 0 saturated carbocycles. The summed E-state index contributed by atoms with van der Waals surface area (Å²) in [5, 5.41) is 3.00. The van der Waals surface area contributed by atoms with Crippen LogP contribution in [-0.4, -0.2) is 34.3 Å². The second kappa shape index (κ2) is 11.2. The van der Waals surface area contributed by atoms with Crippen LogP contribution in [0.3, 0.4) is 0 Å². The van der Waals surface area contributed by atoms with Gasteiger partial charge in [0.1, 0.15) is 6.54 Å². The van der Waals surface area contributed by atoms with Crippen molar-refractivity contribution in [1.29, 1.82) is 0 Å². The first kappa shape index (κ1) is 27.1. The van der Waals surface area contributed by atoms with Gasteiger partial charge < -0.3 is 5.32 Å². The maximum atomic E-state index is 13.4. The Hall–Kier alpha value is -3.93. The Bertz CT molecular complexity index is 1630. The van der Waals surface area contributed by atoms with E-state index in [0.29, 0.717) is 22.1 Å². The molecule has 38 heavy (non-hydrogen) atoms. The second-order valence-corrected chi connectivity index (χ2v) is 12.2. The van der Waals surface area contributed by atoms with E-state index < -0.39 is 32.5 Å². The summed E-state index contributed by atoms with van der Waals surface area (Å²) >= 11 is 5.91. The predicted octanol–water partition coefficient (Wildman–Crippen LogP) is 4.68. The van der Waals surface area contributed by atoms with E-state index in [4.69, 9.17) is 11.6 Å². The topological polar surface area (TPSA) is 126 Å². The molecule has 0 aliphatic rings. The number of nitrogens with one attached hydrogen (secondary N) is 2. The van der Waals surface area contributed by atoms with Gasteiger partial charge in [-0.2, -0.15) is 0 Å². The fourth-order valence-electron chi connectivity index (χ4n) is 3.45. The average Bonchev–Trinajstić information content (AvgIpc) is 2.89. The molecule has 2 N–H and O–H groups in total. The van der Waals surface area contributed by atoms with Gasteiger partial charge in [0.2, 0.25) is 5.91 Å². The van der Waals surface area contributed by atoms with Gasteiger partial charge in [0, 0.05) is 16.9 Å². The SMILES string of the molecule is Cc1ccc(N(CC(=O)Nc2ccc(S(=O)(=O)Nc3cccnc3)cc2)S(=O)(=O)c2ccc(Cl)cc2)cc1. The molecule has 0 spiro atoms. The normalized spacial score (nSPS) is 11.5. The maximum Gasteiger partial charge on any atom is 0.264 e. The van der Waals surface area contributed by atoms with Crippen LogP contribution in [0.4, 0.5) is 17.1 Å². The number of aryl methyl sites for hydroxylation is 1. The predicted molar refractivity (Wildman–Crippen MR) is 147 cm³/mol. The lowest BCUT2D eigenvalue weighted by atomic mass is 10.2. The standard InChI is InChI=1S/C26H23ClN4O5S2/c1-19-4-10-23(11-5-19)31(38(35,36)25-12-6-20(27)7-13-25)18-26(32)29-21-8-14-24(15-9-21)37(33,34)30-22-3-2-16-28-17-22/h2-17,30H,18H2,1H3,(H,29,32). The highest BCUT2D eigenvalue weighted by Gasteiger charge is 2.27. The summed E-state index contributed by atoms with van der Waals surface area (Å²) < 4.78 is 55.6. The molecule has 0 radical (unpaired) electrons. The second-order valence-electron chi connectivity index (χ2n) is 8.22. The van der Waals surface area contributed by atoms with Crippen molar-refractivity contribution in [2.75, 3.05) is 20.9 Å². The van der Waals surface area contributed by atoms with Crippen LogP contribution in [0.2, 0.25) is 5.02 Å². The minimum absolute atomic E-state index is 0.0223. The number of anilines is 3. The fourth-order valence-corrected chi connectivity index (χ4v) is 6.04. The summed E-state index contributed by atoms with van der Waals surface area (Å²) in [5.41, 5.74) is 1.84. The van der Waals surface area contributed by atoms with Crippen molar-refractivity contribution in [2.45, 2.75) is 16.7 Å². The number of hydrogen-bond acceptors (Lipinski definition) is 6. The highest BCUT2D eigenvalue weighted by molar-refractivity contribution is 7.93. The van der Waals surface area contributed by atoms with Gasteiger partial charge in [-0.05, 0) is 79.7 Å². The average molecular weight is 571 g/mol. The lowest BCUT2D eigenvalue weighted by Crippen LogP contribution is -2.38. The van der Waals surface area contributed by atoms with Crippen LogP contribution in [0.25, 0.3) is 0 Å². The van der Waals surface area contributed by atoms with E-state index in [1.807, 2.05) is 6.92 Å². The molecule has 0 fully saturated rings. The van der Waals surface area contributed by atoms with Gasteiger partial charge in [-0.15, -0.1) is 0 Å². The number of carbonyl (C=O) groups is 1. The number of sulfonamides is 2. The number of nitrogens with zero attached hydrogens (tertiary/aromatic N) is 2. The molecule has 196 valence electrons. The summed E-state index contributed by atoms with van der Waals surface area (Å²) in [5.74, 6) is -0.618. The first-order chi connectivity index (χ1) is 18.0. The van der Waals surface area contributed by atoms with Crippen molar-refractivity contribution in [2.24, 2.45) is 0 Å². The third-order valence-electron chi connectivity index (χ3n) is 5.37. The number of amides is 1. The summed E-state index contributed by atoms with van der Waals surface area (Å²) in [6.07, 6.45) is 2.90. The van der Waals surface area contributed by atoms with Gasteiger partial charge >= 0.3 is 0 Å². The third-order valence-corrected chi connectivity index (χ3v) is 8.81. The zero-order valence-electron chi connectivity index (χ0n) is 20.1. The molecule has 1 amide bonds. The number of carbonyl (C=O) groups excluding carboxylic acids is 1. The van der Waals surface area contributed by atoms with Gasteiger partial charge in [0.15, 0.2) is 0 Å². The van der Waals surface area contributed by atoms with Crippen molar-refractivity contribution in [3.63, 3.8) is 0 Å². The van der Waals surface area contributed by atoms with Crippen LogP contribution in [0.1, 0.15) is 5.56 Å². The molecule has 0 aliphatic heterocycles. The van der Waals surface area contributed by atoms with Gasteiger partial charge in [-0.3, -0.25) is 18.8 Å². The Morgan fingerprint density at radius 1 is 0.842 bits per heavy atom. The quantitative estimate of drug-likeness (QED) is 0.301. The molecular weight excluding hydrogens is 548 g/mol. The lowest BCUT2D eigenvalue weighted by molar-refractivity contribution is -0.114. The van der Waals surface area contributed by atoms with Crippen LogP contribution in [-0.2, 0) is 24.8 Å². The zero-order chi connectivity index (χ0) is 27.3. The molecule has 3 aromatic carbocycles. The lowest BCUT2D eigenvalue weighted by Gasteiger charge is -2.24. The van der Waals surface area contributed by atoms with Crippen molar-refractivity contribution >= 4 is 54.6 Å². The number of aromatic nitrogens is 1. The van der Waals surface area contributed by atoms with Crippen LogP contribution < -0.4 is 14.3 Å². The molecule has 1 aromatic heterocycles. The molecule has 0 aliphatic carbocycles. The minimum atomic E-state index is -4.11. The zero-order valence-corrected chi connectivity index (χ0v) is 22.5. The van der Waals surface area contributed by atoms with E-state index in [0.717, 1.165) is 9.87 Å². The van der Waals surface area contributed by atoms with Gasteiger partial charge in [-0.1, -0.05) is 29.3 Å². The number of rotatable bonds is 9. The van der Waals surface area contributed by atoms with Gasteiger partial charge in [0.25, 0.3) is 20.0 Å². The van der Waals surface area contributed by atoms with Crippen LogP contribution >= 0.6 is 11.6 Å². The van der Waals surface area contributed by atoms with Crippen molar-refractivity contribution in [3.05, 3.63) is 108 Å². The van der Waals surface area contributed by atoms with Crippen molar-refractivity contribution in [1.82, 2.24) is 4.98 Å². The first-order valence-electron chi connectivity index (χ1n) is 11.2. The molecule has 0 bridgehead atoms. The molecule has 9 nitrogen and oxygen atoms in total. The van der Waals surface area contributed by atoms with E-state index in [1.54, 1.807) is 36.4 Å². The maximum absolute atomic E-state index is 13.4. The monoisotopic (exact) mass is 570 g/mol. The van der Waals surface area contributed by atoms with E-state index in [1.165, 1.54) is 60.9 Å². The molecule has 4 aromatic rings. The molecule has 0 atom stereocenters. The molecule has 0 unspecified atom stereocenters. The van der Waals surface area contributed by atoms with Gasteiger partial charge in [-0.25, -0.2) is 16.8 Å². The summed E-state index contributed by atoms with van der Waals surface area (Å²) in [4.78, 5) is 16.8. The highest BCUT2D eigenvalue weighted by atomic mass is 35.5. The molecule has 0 saturated heterocycles. The molecule has 12 heteroatoms. The Kier molecular flexibility index (Phi) is 8.00. The van der Waals surface area contributed by atoms with E-state index in [-0.39, 0.29) is 9.79 Å². The summed E-state index contributed by atoms with van der Waals surface area (Å²) in [7, 11) is -7.98. The Labute approximate surface area is 226 Å². The van der Waals surface area contributed by atoms with Crippen LogP contribution in [0.15, 0.2) is 107 Å². The number of hydrogen-bond donors (Lipinski definition) is 2. The van der Waals surface area contributed by atoms with Crippen molar-refractivity contribution < 1.29 is 21.6 Å². The minimum Gasteiger partial charge on any atom is -0.325 e. The van der Waals surface area contributed by atoms with Crippen LogP contribution in [0.5, 0.6) is 0 Å². The number of pyridine rings is 1. The summed E-state index contributed by atoms with van der Waals surface area (Å²) in [6.45, 7) is 1.35. The van der Waals surface area contributed by atoms with E-state index in [9.17, 15) is 21.6 Å². The Morgan fingerprint density at radius 3 is 2.08 bits per heavy atom. The Morgan fingerprint density at radius 2 is 1.47 bits per heavy atom.